The smallest absolute Gasteiger partial charge is 0.0160 e. The molecule has 0 saturated heterocycles. The van der Waals surface area contributed by atoms with Crippen molar-refractivity contribution in [2.24, 2.45) is 0 Å². The summed E-state index contributed by atoms with van der Waals surface area (Å²) in [6, 6.07) is 0. The Morgan fingerprint density at radius 2 is 1.75 bits per heavy atom. The van der Waals surface area contributed by atoms with Gasteiger partial charge in [0, 0.05) is 0 Å². The molecule has 0 heterocycles. The first-order chi connectivity index (χ1) is 6.00. The van der Waals surface area contributed by atoms with Gasteiger partial charge in [0.15, 0.2) is 0 Å². The van der Waals surface area contributed by atoms with E-state index in [4.69, 9.17) is 0 Å². The van der Waals surface area contributed by atoms with Crippen LogP contribution in [0.25, 0.3) is 0 Å². The number of hydrogen-bond donors (Lipinski definition) is 0. The van der Waals surface area contributed by atoms with Gasteiger partial charge in [-0.15, -0.1) is 0 Å². The van der Waals surface area contributed by atoms with Crippen molar-refractivity contribution in [3.63, 3.8) is 0 Å². The summed E-state index contributed by atoms with van der Waals surface area (Å²) in [7, 11) is 0. The molecule has 0 amide bonds. The van der Waals surface area contributed by atoms with E-state index in [2.05, 4.69) is 48.6 Å². The highest BCUT2D eigenvalue weighted by Crippen LogP contribution is 1.99. The molecule has 63 valence electrons. The summed E-state index contributed by atoms with van der Waals surface area (Å²) in [5, 5.41) is 0. The lowest BCUT2D eigenvalue weighted by Gasteiger charge is -1.89. The van der Waals surface area contributed by atoms with E-state index in [0.29, 0.717) is 0 Å². The van der Waals surface area contributed by atoms with Gasteiger partial charge >= 0.3 is 0 Å². The molecule has 0 aromatic heterocycles. The first kappa shape index (κ1) is 9.05. The van der Waals surface area contributed by atoms with Crippen LogP contribution in [0.4, 0.5) is 0 Å². The molecule has 1 aliphatic rings. The van der Waals surface area contributed by atoms with Crippen LogP contribution >= 0.6 is 0 Å². The Morgan fingerprint density at radius 3 is 2.67 bits per heavy atom. The molecule has 0 spiro atoms. The van der Waals surface area contributed by atoms with Gasteiger partial charge in [0.1, 0.15) is 0 Å². The van der Waals surface area contributed by atoms with E-state index in [9.17, 15) is 0 Å². The summed E-state index contributed by atoms with van der Waals surface area (Å²) in [5.41, 5.74) is 0. The van der Waals surface area contributed by atoms with Gasteiger partial charge < -0.3 is 0 Å². The Balaban J connectivity index is 2.42. The minimum Gasteiger partial charge on any atom is -0.0845 e. The van der Waals surface area contributed by atoms with Crippen molar-refractivity contribution in [2.75, 3.05) is 0 Å². The molecular formula is C12H15. The average Bonchev–Trinajstić information content (AvgIpc) is 2.05. The van der Waals surface area contributed by atoms with Gasteiger partial charge in [-0.1, -0.05) is 42.5 Å². The van der Waals surface area contributed by atoms with Crippen LogP contribution in [0.5, 0.6) is 0 Å². The van der Waals surface area contributed by atoms with Crippen LogP contribution in [0.3, 0.4) is 0 Å². The zero-order chi connectivity index (χ0) is 8.49. The van der Waals surface area contributed by atoms with Crippen LogP contribution in [0.15, 0.2) is 42.5 Å². The molecule has 12 heavy (non-hydrogen) atoms. The SMILES string of the molecule is [C]1=C\C/C=C/C=C\C=C\CCC/1. The van der Waals surface area contributed by atoms with E-state index in [1.54, 1.807) is 0 Å². The Morgan fingerprint density at radius 1 is 0.917 bits per heavy atom. The normalized spacial score (nSPS) is 29.3. The van der Waals surface area contributed by atoms with Crippen molar-refractivity contribution < 1.29 is 0 Å². The van der Waals surface area contributed by atoms with Gasteiger partial charge in [-0.25, -0.2) is 0 Å². The summed E-state index contributed by atoms with van der Waals surface area (Å²) in [5.74, 6) is 0. The molecule has 1 radical (unpaired) electrons. The predicted octanol–water partition coefficient (Wildman–Crippen LogP) is 3.59. The predicted molar refractivity (Wildman–Crippen MR) is 53.7 cm³/mol. The van der Waals surface area contributed by atoms with Gasteiger partial charge in [-0.05, 0) is 31.8 Å². The number of rotatable bonds is 0. The van der Waals surface area contributed by atoms with Gasteiger partial charge in [-0.2, -0.15) is 0 Å². The molecule has 0 aliphatic heterocycles. The fourth-order valence-electron chi connectivity index (χ4n) is 1.04. The van der Waals surface area contributed by atoms with Gasteiger partial charge in [-0.3, -0.25) is 0 Å². The molecule has 0 N–H and O–H groups in total. The number of allylic oxidation sites excluding steroid dienone is 8. The molecular weight excluding hydrogens is 144 g/mol. The topological polar surface area (TPSA) is 0 Å². The first-order valence-electron chi connectivity index (χ1n) is 4.53. The minimum atomic E-state index is 1.01. The zero-order valence-corrected chi connectivity index (χ0v) is 7.37. The third kappa shape index (κ3) is 4.73. The highest BCUT2D eigenvalue weighted by atomic mass is 13.9. The summed E-state index contributed by atoms with van der Waals surface area (Å²) >= 11 is 0. The first-order valence-corrected chi connectivity index (χ1v) is 4.53. The van der Waals surface area contributed by atoms with Crippen molar-refractivity contribution in [3.05, 3.63) is 48.6 Å². The van der Waals surface area contributed by atoms with Crippen LogP contribution in [0.2, 0.25) is 0 Å². The molecule has 0 heteroatoms. The summed E-state index contributed by atoms with van der Waals surface area (Å²) < 4.78 is 0. The van der Waals surface area contributed by atoms with Crippen LogP contribution in [0.1, 0.15) is 25.7 Å². The lowest BCUT2D eigenvalue weighted by molar-refractivity contribution is 0.852. The standard InChI is InChI=1S/C12H15/c1-2-4-6-8-10-12-11-9-7-5-3-1/h1-6,9H,7-8,10,12H2/b2-1-,5-3+,6-4+,11-9?. The fraction of sp³-hybridized carbons (Fsp3) is 0.333. The average molecular weight is 159 g/mol. The Labute approximate surface area is 75.0 Å². The van der Waals surface area contributed by atoms with Gasteiger partial charge in [0.25, 0.3) is 0 Å². The molecule has 0 saturated carbocycles. The largest absolute Gasteiger partial charge is 0.0845 e. The van der Waals surface area contributed by atoms with E-state index >= 15 is 0 Å². The van der Waals surface area contributed by atoms with Crippen molar-refractivity contribution >= 4 is 0 Å². The zero-order valence-electron chi connectivity index (χ0n) is 7.37. The van der Waals surface area contributed by atoms with E-state index in [-0.39, 0.29) is 0 Å². The molecule has 1 rings (SSSR count). The lowest BCUT2D eigenvalue weighted by atomic mass is 10.2. The second-order valence-electron chi connectivity index (χ2n) is 2.78. The Hall–Kier alpha value is -1.04. The second-order valence-corrected chi connectivity index (χ2v) is 2.78. The van der Waals surface area contributed by atoms with Crippen LogP contribution in [-0.2, 0) is 0 Å². The maximum Gasteiger partial charge on any atom is -0.0160 e. The minimum absolute atomic E-state index is 1.01. The molecule has 0 aromatic rings. The molecule has 0 bridgehead atoms. The molecule has 0 aromatic carbocycles. The number of hydrogen-bond acceptors (Lipinski definition) is 0. The molecule has 0 fully saturated rings. The van der Waals surface area contributed by atoms with E-state index in [1.807, 2.05) is 0 Å². The third-order valence-corrected chi connectivity index (χ3v) is 1.70. The molecule has 0 unspecified atom stereocenters. The van der Waals surface area contributed by atoms with E-state index in [1.165, 1.54) is 6.42 Å². The maximum atomic E-state index is 3.27. The Kier molecular flexibility index (Phi) is 5.02. The van der Waals surface area contributed by atoms with Crippen LogP contribution < -0.4 is 0 Å². The highest BCUT2D eigenvalue weighted by molar-refractivity contribution is 5.11. The van der Waals surface area contributed by atoms with E-state index in [0.717, 1.165) is 19.3 Å². The molecule has 0 nitrogen and oxygen atoms in total. The van der Waals surface area contributed by atoms with Crippen molar-refractivity contribution in [1.29, 1.82) is 0 Å². The summed E-state index contributed by atoms with van der Waals surface area (Å²) in [6.07, 6.45) is 22.5. The maximum absolute atomic E-state index is 3.27. The van der Waals surface area contributed by atoms with Crippen molar-refractivity contribution in [3.8, 4) is 0 Å². The summed E-state index contributed by atoms with van der Waals surface area (Å²) in [6.45, 7) is 0. The fourth-order valence-corrected chi connectivity index (χ4v) is 1.04. The second kappa shape index (κ2) is 6.66. The molecule has 1 aliphatic carbocycles. The monoisotopic (exact) mass is 159 g/mol. The Bertz CT molecular complexity index is 204. The van der Waals surface area contributed by atoms with E-state index < -0.39 is 0 Å². The van der Waals surface area contributed by atoms with Gasteiger partial charge in [0.2, 0.25) is 0 Å². The molecule has 0 atom stereocenters. The van der Waals surface area contributed by atoms with Crippen LogP contribution in [0, 0.1) is 6.08 Å². The van der Waals surface area contributed by atoms with Gasteiger partial charge in [0.05, 0.1) is 0 Å². The summed E-state index contributed by atoms with van der Waals surface area (Å²) in [4.78, 5) is 0. The third-order valence-electron chi connectivity index (χ3n) is 1.70. The lowest BCUT2D eigenvalue weighted by Crippen LogP contribution is -1.70. The highest BCUT2D eigenvalue weighted by Gasteiger charge is 1.80. The van der Waals surface area contributed by atoms with Crippen LogP contribution in [-0.4, -0.2) is 0 Å². The van der Waals surface area contributed by atoms with Crippen molar-refractivity contribution in [1.82, 2.24) is 0 Å². The van der Waals surface area contributed by atoms with Crippen molar-refractivity contribution in [2.45, 2.75) is 25.7 Å². The quantitative estimate of drug-likeness (QED) is 0.506.